The lowest BCUT2D eigenvalue weighted by molar-refractivity contribution is -0.117. The zero-order valence-electron chi connectivity index (χ0n) is 14.0. The molecule has 1 aliphatic heterocycles. The summed E-state index contributed by atoms with van der Waals surface area (Å²) in [5.41, 5.74) is 2.39. The average Bonchev–Trinajstić information content (AvgIpc) is 3.01. The Kier molecular flexibility index (Phi) is 4.93. The molecule has 0 bridgehead atoms. The minimum atomic E-state index is -0.517. The number of amides is 2. The third-order valence-corrected chi connectivity index (χ3v) is 4.16. The van der Waals surface area contributed by atoms with Crippen LogP contribution in [0.1, 0.15) is 25.3 Å². The molecular weight excluding hydrogens is 319 g/mol. The molecule has 25 heavy (non-hydrogen) atoms. The quantitative estimate of drug-likeness (QED) is 0.857. The first-order valence-corrected chi connectivity index (χ1v) is 8.19. The highest BCUT2D eigenvalue weighted by atomic mass is 19.1. The highest BCUT2D eigenvalue weighted by Crippen LogP contribution is 2.27. The smallest absolute Gasteiger partial charge is 0.248 e. The second-order valence-corrected chi connectivity index (χ2v) is 6.00. The van der Waals surface area contributed by atoms with E-state index in [4.69, 9.17) is 0 Å². The summed E-state index contributed by atoms with van der Waals surface area (Å²) in [6, 6.07) is 13.9. The first-order chi connectivity index (χ1) is 12.0. The Bertz CT molecular complexity index is 831. The van der Waals surface area contributed by atoms with Gasteiger partial charge in [-0.1, -0.05) is 30.3 Å². The van der Waals surface area contributed by atoms with Crippen LogP contribution in [0.4, 0.5) is 15.8 Å². The van der Waals surface area contributed by atoms with Crippen molar-refractivity contribution in [1.82, 2.24) is 0 Å². The molecule has 1 heterocycles. The van der Waals surface area contributed by atoms with Crippen molar-refractivity contribution < 1.29 is 14.0 Å². The van der Waals surface area contributed by atoms with E-state index in [9.17, 15) is 14.0 Å². The lowest BCUT2D eigenvalue weighted by Gasteiger charge is -2.17. The number of halogens is 1. The second-order valence-electron chi connectivity index (χ2n) is 6.00. The number of hydrogen-bond donors (Lipinski definition) is 1. The van der Waals surface area contributed by atoms with Gasteiger partial charge in [0.15, 0.2) is 0 Å². The Morgan fingerprint density at radius 3 is 2.60 bits per heavy atom. The monoisotopic (exact) mass is 338 g/mol. The molecule has 2 aromatic rings. The van der Waals surface area contributed by atoms with Gasteiger partial charge in [0.25, 0.3) is 0 Å². The fourth-order valence-electron chi connectivity index (χ4n) is 2.87. The van der Waals surface area contributed by atoms with Gasteiger partial charge in [-0.05, 0) is 42.7 Å². The van der Waals surface area contributed by atoms with E-state index in [0.29, 0.717) is 18.7 Å². The van der Waals surface area contributed by atoms with E-state index < -0.39 is 5.82 Å². The fraction of sp³-hybridized carbons (Fsp3) is 0.200. The zero-order valence-corrected chi connectivity index (χ0v) is 14.0. The SMILES string of the molecule is C/C(=C/C(=O)Nc1ccc(N2CCCC2=O)c(F)c1)c1ccccc1. The number of benzene rings is 2. The number of allylic oxidation sites excluding steroid dienone is 1. The van der Waals surface area contributed by atoms with Crippen LogP contribution in [0.25, 0.3) is 5.57 Å². The summed E-state index contributed by atoms with van der Waals surface area (Å²) in [6.07, 6.45) is 2.66. The summed E-state index contributed by atoms with van der Waals surface area (Å²) in [7, 11) is 0. The van der Waals surface area contributed by atoms with Crippen molar-refractivity contribution >= 4 is 28.8 Å². The topological polar surface area (TPSA) is 49.4 Å². The van der Waals surface area contributed by atoms with Gasteiger partial charge in [0.2, 0.25) is 11.8 Å². The molecule has 4 nitrogen and oxygen atoms in total. The average molecular weight is 338 g/mol. The van der Waals surface area contributed by atoms with Crippen LogP contribution >= 0.6 is 0 Å². The van der Waals surface area contributed by atoms with Crippen LogP contribution < -0.4 is 10.2 Å². The highest BCUT2D eigenvalue weighted by Gasteiger charge is 2.24. The molecule has 0 aromatic heterocycles. The van der Waals surface area contributed by atoms with Gasteiger partial charge in [-0.2, -0.15) is 0 Å². The second kappa shape index (κ2) is 7.30. The van der Waals surface area contributed by atoms with Gasteiger partial charge in [0.1, 0.15) is 5.82 Å². The summed E-state index contributed by atoms with van der Waals surface area (Å²) in [5.74, 6) is -0.917. The largest absolute Gasteiger partial charge is 0.322 e. The molecule has 128 valence electrons. The van der Waals surface area contributed by atoms with Crippen LogP contribution in [0, 0.1) is 5.82 Å². The molecule has 1 N–H and O–H groups in total. The Labute approximate surface area is 146 Å². The first-order valence-electron chi connectivity index (χ1n) is 8.19. The van der Waals surface area contributed by atoms with E-state index in [2.05, 4.69) is 5.32 Å². The van der Waals surface area contributed by atoms with E-state index >= 15 is 0 Å². The molecule has 5 heteroatoms. The van der Waals surface area contributed by atoms with Crippen molar-refractivity contribution in [2.45, 2.75) is 19.8 Å². The van der Waals surface area contributed by atoms with E-state index in [-0.39, 0.29) is 17.5 Å². The Hall–Kier alpha value is -2.95. The lowest BCUT2D eigenvalue weighted by Crippen LogP contribution is -2.24. The molecule has 0 spiro atoms. The van der Waals surface area contributed by atoms with Gasteiger partial charge < -0.3 is 10.2 Å². The summed E-state index contributed by atoms with van der Waals surface area (Å²) in [4.78, 5) is 25.3. The van der Waals surface area contributed by atoms with Crippen molar-refractivity contribution in [3.63, 3.8) is 0 Å². The summed E-state index contributed by atoms with van der Waals surface area (Å²) in [6.45, 7) is 2.37. The lowest BCUT2D eigenvalue weighted by atomic mass is 10.1. The normalized spacial score (nSPS) is 14.7. The van der Waals surface area contributed by atoms with Crippen LogP contribution in [0.3, 0.4) is 0 Å². The molecule has 3 rings (SSSR count). The third-order valence-electron chi connectivity index (χ3n) is 4.16. The molecule has 2 aromatic carbocycles. The highest BCUT2D eigenvalue weighted by molar-refractivity contribution is 6.04. The van der Waals surface area contributed by atoms with Gasteiger partial charge in [0, 0.05) is 24.7 Å². The molecule has 0 radical (unpaired) electrons. The molecule has 0 aliphatic carbocycles. The Morgan fingerprint density at radius 1 is 1.20 bits per heavy atom. The molecule has 0 saturated carbocycles. The molecule has 1 aliphatic rings. The predicted octanol–water partition coefficient (Wildman–Crippen LogP) is 3.99. The van der Waals surface area contributed by atoms with Crippen LogP contribution in [0.2, 0.25) is 0 Å². The van der Waals surface area contributed by atoms with Gasteiger partial charge in [-0.15, -0.1) is 0 Å². The van der Waals surface area contributed by atoms with Gasteiger partial charge in [0.05, 0.1) is 5.69 Å². The minimum absolute atomic E-state index is 0.0721. The maximum atomic E-state index is 14.3. The Balaban J connectivity index is 1.72. The number of rotatable bonds is 4. The molecule has 1 saturated heterocycles. The summed E-state index contributed by atoms with van der Waals surface area (Å²) in [5, 5.41) is 2.65. The predicted molar refractivity (Wildman–Crippen MR) is 96.7 cm³/mol. The van der Waals surface area contributed by atoms with E-state index in [1.807, 2.05) is 37.3 Å². The van der Waals surface area contributed by atoms with Crippen molar-refractivity contribution in [2.24, 2.45) is 0 Å². The molecular formula is C20H19FN2O2. The Morgan fingerprint density at radius 2 is 1.96 bits per heavy atom. The third kappa shape index (κ3) is 3.94. The van der Waals surface area contributed by atoms with Crippen molar-refractivity contribution in [1.29, 1.82) is 0 Å². The van der Waals surface area contributed by atoms with Crippen LogP contribution in [0.5, 0.6) is 0 Å². The first kappa shape index (κ1) is 16.9. The van der Waals surface area contributed by atoms with Crippen molar-refractivity contribution in [3.8, 4) is 0 Å². The maximum absolute atomic E-state index is 14.3. The standard InChI is InChI=1S/C20H19FN2O2/c1-14(15-6-3-2-4-7-15)12-19(24)22-16-9-10-18(17(21)13-16)23-11-5-8-20(23)25/h2-4,6-7,9-10,12-13H,5,8,11H2,1H3,(H,22,24)/b14-12-. The molecule has 0 unspecified atom stereocenters. The number of anilines is 2. The molecule has 0 atom stereocenters. The number of carbonyl (C=O) groups is 2. The summed E-state index contributed by atoms with van der Waals surface area (Å²) < 4.78 is 14.3. The van der Waals surface area contributed by atoms with Crippen molar-refractivity contribution in [3.05, 3.63) is 66.0 Å². The number of nitrogens with zero attached hydrogens (tertiary/aromatic N) is 1. The van der Waals surface area contributed by atoms with Crippen LogP contribution in [0.15, 0.2) is 54.6 Å². The van der Waals surface area contributed by atoms with E-state index in [1.165, 1.54) is 23.1 Å². The van der Waals surface area contributed by atoms with Gasteiger partial charge in [-0.3, -0.25) is 9.59 Å². The summed E-state index contributed by atoms with van der Waals surface area (Å²) >= 11 is 0. The zero-order chi connectivity index (χ0) is 17.8. The molecule has 2 amide bonds. The van der Waals surface area contributed by atoms with E-state index in [1.54, 1.807) is 6.07 Å². The maximum Gasteiger partial charge on any atom is 0.248 e. The number of nitrogens with one attached hydrogen (secondary N) is 1. The van der Waals surface area contributed by atoms with E-state index in [0.717, 1.165) is 17.6 Å². The number of hydrogen-bond acceptors (Lipinski definition) is 2. The van der Waals surface area contributed by atoms with Crippen LogP contribution in [-0.4, -0.2) is 18.4 Å². The van der Waals surface area contributed by atoms with Gasteiger partial charge in [-0.25, -0.2) is 4.39 Å². The fourth-order valence-corrected chi connectivity index (χ4v) is 2.87. The van der Waals surface area contributed by atoms with Gasteiger partial charge >= 0.3 is 0 Å². The van der Waals surface area contributed by atoms with Crippen molar-refractivity contribution in [2.75, 3.05) is 16.8 Å². The number of carbonyl (C=O) groups excluding carboxylic acids is 2. The minimum Gasteiger partial charge on any atom is -0.322 e. The molecule has 1 fully saturated rings. The van der Waals surface area contributed by atoms with Crippen LogP contribution in [-0.2, 0) is 9.59 Å².